The molecule has 0 spiro atoms. The number of carbonyl (C=O) groups excluding carboxylic acids is 1. The summed E-state index contributed by atoms with van der Waals surface area (Å²) in [5, 5.41) is 3.03. The van der Waals surface area contributed by atoms with Gasteiger partial charge in [0.15, 0.2) is 0 Å². The minimum absolute atomic E-state index is 0.0563. The van der Waals surface area contributed by atoms with Crippen LogP contribution in [-0.4, -0.2) is 36.5 Å². The normalized spacial score (nSPS) is 19.5. The number of anilines is 1. The minimum atomic E-state index is 0.0563. The maximum absolute atomic E-state index is 11.9. The van der Waals surface area contributed by atoms with Crippen LogP contribution in [-0.2, 0) is 11.2 Å². The lowest BCUT2D eigenvalue weighted by atomic mass is 10.1. The summed E-state index contributed by atoms with van der Waals surface area (Å²) < 4.78 is 0. The van der Waals surface area contributed by atoms with E-state index in [1.807, 2.05) is 24.3 Å². The number of likely N-dealkylation sites (N-methyl/N-ethyl adjacent to an activating group) is 1. The van der Waals surface area contributed by atoms with E-state index in [9.17, 15) is 4.79 Å². The number of benzene rings is 1. The van der Waals surface area contributed by atoms with Crippen molar-refractivity contribution in [1.82, 2.24) is 10.2 Å². The standard InChI is InChI=1S/C15H23N3O/c1-2-18-9-5-7-13(18)11-17-15(19)10-12-6-3-4-8-14(12)16/h3-4,6,8,13H,2,5,7,9-11,16H2,1H3,(H,17,19). The topological polar surface area (TPSA) is 58.4 Å². The van der Waals surface area contributed by atoms with Gasteiger partial charge in [0, 0.05) is 18.3 Å². The van der Waals surface area contributed by atoms with Gasteiger partial charge in [0.05, 0.1) is 6.42 Å². The molecule has 0 bridgehead atoms. The smallest absolute Gasteiger partial charge is 0.224 e. The Hall–Kier alpha value is -1.55. The predicted octanol–water partition coefficient (Wildman–Crippen LogP) is 1.41. The van der Waals surface area contributed by atoms with Crippen molar-refractivity contribution >= 4 is 11.6 Å². The van der Waals surface area contributed by atoms with Crippen LogP contribution < -0.4 is 11.1 Å². The summed E-state index contributed by atoms with van der Waals surface area (Å²) in [6.07, 6.45) is 2.78. The molecule has 1 heterocycles. The van der Waals surface area contributed by atoms with Gasteiger partial charge in [-0.2, -0.15) is 0 Å². The first-order chi connectivity index (χ1) is 9.20. The van der Waals surface area contributed by atoms with Gasteiger partial charge in [-0.3, -0.25) is 9.69 Å². The van der Waals surface area contributed by atoms with Crippen LogP contribution in [0.4, 0.5) is 5.69 Å². The fraction of sp³-hybridized carbons (Fsp3) is 0.533. The molecule has 4 nitrogen and oxygen atoms in total. The van der Waals surface area contributed by atoms with Crippen molar-refractivity contribution in [3.8, 4) is 0 Å². The van der Waals surface area contributed by atoms with Gasteiger partial charge < -0.3 is 11.1 Å². The molecule has 2 rings (SSSR count). The van der Waals surface area contributed by atoms with E-state index in [2.05, 4.69) is 17.1 Å². The van der Waals surface area contributed by atoms with Gasteiger partial charge in [0.1, 0.15) is 0 Å². The summed E-state index contributed by atoms with van der Waals surface area (Å²) in [4.78, 5) is 14.4. The molecule has 0 aliphatic carbocycles. The Labute approximate surface area is 115 Å². The fourth-order valence-corrected chi connectivity index (χ4v) is 2.70. The van der Waals surface area contributed by atoms with E-state index >= 15 is 0 Å². The van der Waals surface area contributed by atoms with Crippen molar-refractivity contribution in [2.75, 3.05) is 25.4 Å². The number of likely N-dealkylation sites (tertiary alicyclic amines) is 1. The molecule has 0 aromatic heterocycles. The van der Waals surface area contributed by atoms with Gasteiger partial charge in [-0.05, 0) is 37.6 Å². The van der Waals surface area contributed by atoms with Gasteiger partial charge in [0.25, 0.3) is 0 Å². The third-order valence-corrected chi connectivity index (χ3v) is 3.85. The van der Waals surface area contributed by atoms with E-state index in [1.54, 1.807) is 0 Å². The quantitative estimate of drug-likeness (QED) is 0.788. The third kappa shape index (κ3) is 3.70. The highest BCUT2D eigenvalue weighted by atomic mass is 16.1. The van der Waals surface area contributed by atoms with Crippen molar-refractivity contribution in [2.45, 2.75) is 32.2 Å². The molecule has 0 saturated carbocycles. The Balaban J connectivity index is 1.80. The van der Waals surface area contributed by atoms with Gasteiger partial charge in [-0.25, -0.2) is 0 Å². The molecule has 1 fully saturated rings. The van der Waals surface area contributed by atoms with Crippen LogP contribution in [0.5, 0.6) is 0 Å². The van der Waals surface area contributed by atoms with Crippen molar-refractivity contribution in [2.24, 2.45) is 0 Å². The first kappa shape index (κ1) is 13.9. The molecule has 1 aliphatic rings. The number of hydrogen-bond acceptors (Lipinski definition) is 3. The Morgan fingerprint density at radius 3 is 3.00 bits per heavy atom. The fourth-order valence-electron chi connectivity index (χ4n) is 2.70. The minimum Gasteiger partial charge on any atom is -0.398 e. The molecule has 0 radical (unpaired) electrons. The van der Waals surface area contributed by atoms with E-state index in [1.165, 1.54) is 12.8 Å². The van der Waals surface area contributed by atoms with E-state index in [-0.39, 0.29) is 5.91 Å². The summed E-state index contributed by atoms with van der Waals surface area (Å²) >= 11 is 0. The summed E-state index contributed by atoms with van der Waals surface area (Å²) in [5.74, 6) is 0.0563. The highest BCUT2D eigenvalue weighted by Gasteiger charge is 2.23. The molecule has 1 saturated heterocycles. The maximum atomic E-state index is 11.9. The van der Waals surface area contributed by atoms with Gasteiger partial charge >= 0.3 is 0 Å². The summed E-state index contributed by atoms with van der Waals surface area (Å²) in [5.41, 5.74) is 7.43. The van der Waals surface area contributed by atoms with Crippen LogP contribution in [0, 0.1) is 0 Å². The van der Waals surface area contributed by atoms with Crippen LogP contribution in [0.25, 0.3) is 0 Å². The van der Waals surface area contributed by atoms with Crippen molar-refractivity contribution in [3.05, 3.63) is 29.8 Å². The van der Waals surface area contributed by atoms with E-state index in [0.29, 0.717) is 18.2 Å². The van der Waals surface area contributed by atoms with Crippen LogP contribution in [0.1, 0.15) is 25.3 Å². The highest BCUT2D eigenvalue weighted by molar-refractivity contribution is 5.80. The molecule has 1 aliphatic heterocycles. The van der Waals surface area contributed by atoms with Crippen LogP contribution in [0.15, 0.2) is 24.3 Å². The molecule has 1 aromatic rings. The van der Waals surface area contributed by atoms with Crippen molar-refractivity contribution < 1.29 is 4.79 Å². The Kier molecular flexibility index (Phi) is 4.80. The third-order valence-electron chi connectivity index (χ3n) is 3.85. The molecule has 1 atom stereocenters. The number of rotatable bonds is 5. The molecule has 104 valence electrons. The van der Waals surface area contributed by atoms with Crippen LogP contribution in [0.3, 0.4) is 0 Å². The number of carbonyl (C=O) groups is 1. The number of nitrogens with two attached hydrogens (primary N) is 1. The molecular formula is C15H23N3O. The van der Waals surface area contributed by atoms with Crippen molar-refractivity contribution in [1.29, 1.82) is 0 Å². The van der Waals surface area contributed by atoms with E-state index in [0.717, 1.165) is 25.2 Å². The molecule has 3 N–H and O–H groups in total. The second kappa shape index (κ2) is 6.57. The van der Waals surface area contributed by atoms with Crippen molar-refractivity contribution in [3.63, 3.8) is 0 Å². The van der Waals surface area contributed by atoms with E-state index < -0.39 is 0 Å². The monoisotopic (exact) mass is 261 g/mol. The van der Waals surface area contributed by atoms with Gasteiger partial charge in [-0.1, -0.05) is 25.1 Å². The Bertz CT molecular complexity index is 433. The highest BCUT2D eigenvalue weighted by Crippen LogP contribution is 2.16. The number of nitrogens with zero attached hydrogens (tertiary/aromatic N) is 1. The number of hydrogen-bond donors (Lipinski definition) is 2. The van der Waals surface area contributed by atoms with Crippen LogP contribution >= 0.6 is 0 Å². The first-order valence-corrected chi connectivity index (χ1v) is 7.05. The summed E-state index contributed by atoms with van der Waals surface area (Å²) in [6.45, 7) is 5.14. The zero-order chi connectivity index (χ0) is 13.7. The summed E-state index contributed by atoms with van der Waals surface area (Å²) in [7, 11) is 0. The zero-order valence-corrected chi connectivity index (χ0v) is 11.6. The average molecular weight is 261 g/mol. The zero-order valence-electron chi connectivity index (χ0n) is 11.6. The largest absolute Gasteiger partial charge is 0.398 e. The molecular weight excluding hydrogens is 238 g/mol. The summed E-state index contributed by atoms with van der Waals surface area (Å²) in [6, 6.07) is 8.03. The van der Waals surface area contributed by atoms with Gasteiger partial charge in [0.2, 0.25) is 5.91 Å². The lowest BCUT2D eigenvalue weighted by Gasteiger charge is -2.22. The molecule has 4 heteroatoms. The lowest BCUT2D eigenvalue weighted by Crippen LogP contribution is -2.40. The van der Waals surface area contributed by atoms with E-state index in [4.69, 9.17) is 5.73 Å². The molecule has 1 amide bonds. The van der Waals surface area contributed by atoms with Crippen LogP contribution in [0.2, 0.25) is 0 Å². The molecule has 19 heavy (non-hydrogen) atoms. The molecule has 1 aromatic carbocycles. The molecule has 1 unspecified atom stereocenters. The Morgan fingerprint density at radius 2 is 2.26 bits per heavy atom. The van der Waals surface area contributed by atoms with Gasteiger partial charge in [-0.15, -0.1) is 0 Å². The lowest BCUT2D eigenvalue weighted by molar-refractivity contribution is -0.120. The second-order valence-corrected chi connectivity index (χ2v) is 5.10. The number of nitrogen functional groups attached to an aromatic ring is 1. The predicted molar refractivity (Wildman–Crippen MR) is 77.8 cm³/mol. The maximum Gasteiger partial charge on any atom is 0.224 e. The average Bonchev–Trinajstić information content (AvgIpc) is 2.86. The number of para-hydroxylation sites is 1. The Morgan fingerprint density at radius 1 is 1.47 bits per heavy atom. The second-order valence-electron chi connectivity index (χ2n) is 5.10. The number of nitrogens with one attached hydrogen (secondary N) is 1. The SMILES string of the molecule is CCN1CCCC1CNC(=O)Cc1ccccc1N. The number of amides is 1. The first-order valence-electron chi connectivity index (χ1n) is 7.05.